The fraction of sp³-hybridized carbons (Fsp3) is 0.417. The summed E-state index contributed by atoms with van der Waals surface area (Å²) in [5, 5.41) is 5.82. The molecule has 0 unspecified atom stereocenters. The maximum Gasteiger partial charge on any atom is 0.234 e. The Hall–Kier alpha value is -0.910. The lowest BCUT2D eigenvalue weighted by Gasteiger charge is -2.06. The van der Waals surface area contributed by atoms with Crippen LogP contribution in [0.3, 0.4) is 0 Å². The van der Waals surface area contributed by atoms with E-state index in [-0.39, 0.29) is 5.91 Å². The van der Waals surface area contributed by atoms with Crippen molar-refractivity contribution in [3.8, 4) is 0 Å². The molecule has 2 N–H and O–H groups in total. The van der Waals surface area contributed by atoms with E-state index in [2.05, 4.69) is 26.6 Å². The number of benzene rings is 1. The van der Waals surface area contributed by atoms with Crippen LogP contribution < -0.4 is 10.6 Å². The number of ether oxygens (including phenoxy) is 1. The van der Waals surface area contributed by atoms with E-state index < -0.39 is 0 Å². The Bertz CT molecular complexity index is 341. The summed E-state index contributed by atoms with van der Waals surface area (Å²) < 4.78 is 5.90. The van der Waals surface area contributed by atoms with Crippen molar-refractivity contribution in [3.05, 3.63) is 34.3 Å². The molecule has 1 aromatic rings. The fourth-order valence-corrected chi connectivity index (χ4v) is 1.51. The molecule has 0 saturated heterocycles. The van der Waals surface area contributed by atoms with Crippen molar-refractivity contribution in [3.63, 3.8) is 0 Å². The third kappa shape index (κ3) is 6.41. The summed E-state index contributed by atoms with van der Waals surface area (Å²) in [5.74, 6) is -0.0102. The first-order chi connectivity index (χ1) is 8.22. The molecule has 0 spiro atoms. The number of carbonyl (C=O) groups excluding carboxylic acids is 1. The molecule has 0 saturated carbocycles. The van der Waals surface area contributed by atoms with Gasteiger partial charge >= 0.3 is 0 Å². The lowest BCUT2D eigenvalue weighted by Crippen LogP contribution is -2.34. The quantitative estimate of drug-likeness (QED) is 0.747. The second-order valence-corrected chi connectivity index (χ2v) is 4.49. The summed E-state index contributed by atoms with van der Waals surface area (Å²) in [5.41, 5.74) is 1.08. The molecule has 0 fully saturated rings. The van der Waals surface area contributed by atoms with Crippen LogP contribution >= 0.6 is 15.9 Å². The van der Waals surface area contributed by atoms with E-state index in [1.54, 1.807) is 7.11 Å². The van der Waals surface area contributed by atoms with Gasteiger partial charge in [-0.15, -0.1) is 0 Å². The van der Waals surface area contributed by atoms with E-state index in [1.165, 1.54) is 0 Å². The van der Waals surface area contributed by atoms with E-state index in [9.17, 15) is 4.79 Å². The van der Waals surface area contributed by atoms with Crippen LogP contribution in [-0.2, 0) is 16.1 Å². The van der Waals surface area contributed by atoms with E-state index in [4.69, 9.17) is 4.74 Å². The highest BCUT2D eigenvalue weighted by Crippen LogP contribution is 2.09. The van der Waals surface area contributed by atoms with Gasteiger partial charge in [-0.1, -0.05) is 28.1 Å². The summed E-state index contributed by atoms with van der Waals surface area (Å²) >= 11 is 3.37. The zero-order chi connectivity index (χ0) is 12.5. The van der Waals surface area contributed by atoms with Crippen LogP contribution in [0, 0.1) is 0 Å². The van der Waals surface area contributed by atoms with Crippen molar-refractivity contribution < 1.29 is 9.53 Å². The van der Waals surface area contributed by atoms with Crippen LogP contribution in [0.4, 0.5) is 0 Å². The predicted octanol–water partition coefficient (Wildman–Crippen LogP) is 1.30. The first kappa shape index (κ1) is 14.2. The van der Waals surface area contributed by atoms with Gasteiger partial charge in [0.1, 0.15) is 0 Å². The van der Waals surface area contributed by atoms with Gasteiger partial charge in [-0.3, -0.25) is 4.79 Å². The highest BCUT2D eigenvalue weighted by molar-refractivity contribution is 9.10. The maximum absolute atomic E-state index is 11.4. The molecule has 1 amide bonds. The molecule has 0 aliphatic carbocycles. The van der Waals surface area contributed by atoms with Gasteiger partial charge < -0.3 is 15.4 Å². The van der Waals surface area contributed by atoms with Crippen molar-refractivity contribution in [2.45, 2.75) is 6.54 Å². The van der Waals surface area contributed by atoms with Crippen LogP contribution in [0.25, 0.3) is 0 Å². The number of hydrogen-bond donors (Lipinski definition) is 2. The van der Waals surface area contributed by atoms with Gasteiger partial charge in [0.2, 0.25) is 5.91 Å². The molecular weight excluding hydrogens is 284 g/mol. The standard InChI is InChI=1S/C12H17BrN2O2/c1-17-7-6-14-9-12(16)15-8-10-2-4-11(13)5-3-10/h2-5,14H,6-9H2,1H3,(H,15,16). The second kappa shape index (κ2) is 8.22. The lowest BCUT2D eigenvalue weighted by molar-refractivity contribution is -0.120. The highest BCUT2D eigenvalue weighted by atomic mass is 79.9. The van der Waals surface area contributed by atoms with Crippen LogP contribution in [0.5, 0.6) is 0 Å². The Labute approximate surface area is 110 Å². The van der Waals surface area contributed by atoms with Gasteiger partial charge in [-0.25, -0.2) is 0 Å². The average Bonchev–Trinajstić information content (AvgIpc) is 2.34. The molecule has 0 aliphatic heterocycles. The van der Waals surface area contributed by atoms with Crippen LogP contribution in [0.1, 0.15) is 5.56 Å². The molecule has 0 aliphatic rings. The van der Waals surface area contributed by atoms with Crippen LogP contribution in [0.2, 0.25) is 0 Å². The minimum absolute atomic E-state index is 0.0102. The number of methoxy groups -OCH3 is 1. The molecule has 1 rings (SSSR count). The minimum atomic E-state index is -0.0102. The molecule has 1 aromatic carbocycles. The number of hydrogen-bond acceptors (Lipinski definition) is 3. The second-order valence-electron chi connectivity index (χ2n) is 3.57. The van der Waals surface area contributed by atoms with E-state index >= 15 is 0 Å². The SMILES string of the molecule is COCCNCC(=O)NCc1ccc(Br)cc1. The monoisotopic (exact) mass is 300 g/mol. The first-order valence-electron chi connectivity index (χ1n) is 5.43. The average molecular weight is 301 g/mol. The van der Waals surface area contributed by atoms with Crippen molar-refractivity contribution in [2.24, 2.45) is 0 Å². The van der Waals surface area contributed by atoms with Gasteiger partial charge in [-0.2, -0.15) is 0 Å². The number of halogens is 1. The first-order valence-corrected chi connectivity index (χ1v) is 6.22. The fourth-order valence-electron chi connectivity index (χ4n) is 1.24. The third-order valence-electron chi connectivity index (χ3n) is 2.17. The number of nitrogens with one attached hydrogen (secondary N) is 2. The Morgan fingerprint density at radius 1 is 1.35 bits per heavy atom. The van der Waals surface area contributed by atoms with E-state index in [1.807, 2.05) is 24.3 Å². The zero-order valence-corrected chi connectivity index (χ0v) is 11.4. The van der Waals surface area contributed by atoms with Crippen molar-refractivity contribution in [1.29, 1.82) is 0 Å². The summed E-state index contributed by atoms with van der Waals surface area (Å²) in [6.07, 6.45) is 0. The summed E-state index contributed by atoms with van der Waals surface area (Å²) in [7, 11) is 1.63. The summed E-state index contributed by atoms with van der Waals surface area (Å²) in [6, 6.07) is 7.86. The molecular formula is C12H17BrN2O2. The van der Waals surface area contributed by atoms with Crippen LogP contribution in [0.15, 0.2) is 28.7 Å². The van der Waals surface area contributed by atoms with E-state index in [0.29, 0.717) is 26.2 Å². The smallest absolute Gasteiger partial charge is 0.234 e. The molecule has 0 bridgehead atoms. The topological polar surface area (TPSA) is 50.4 Å². The Morgan fingerprint density at radius 2 is 2.06 bits per heavy atom. The third-order valence-corrected chi connectivity index (χ3v) is 2.70. The highest BCUT2D eigenvalue weighted by Gasteiger charge is 2.00. The Kier molecular flexibility index (Phi) is 6.84. The molecule has 17 heavy (non-hydrogen) atoms. The normalized spacial score (nSPS) is 10.2. The van der Waals surface area contributed by atoms with Crippen molar-refractivity contribution in [1.82, 2.24) is 10.6 Å². The molecule has 0 atom stereocenters. The van der Waals surface area contributed by atoms with Crippen molar-refractivity contribution >= 4 is 21.8 Å². The van der Waals surface area contributed by atoms with Crippen molar-refractivity contribution in [2.75, 3.05) is 26.8 Å². The van der Waals surface area contributed by atoms with E-state index in [0.717, 1.165) is 10.0 Å². The van der Waals surface area contributed by atoms with Gasteiger partial charge in [0, 0.05) is 24.7 Å². The zero-order valence-electron chi connectivity index (χ0n) is 9.83. The van der Waals surface area contributed by atoms with Gasteiger partial charge in [0.25, 0.3) is 0 Å². The Balaban J connectivity index is 2.17. The van der Waals surface area contributed by atoms with Gasteiger partial charge in [-0.05, 0) is 17.7 Å². The summed E-state index contributed by atoms with van der Waals surface area (Å²) in [4.78, 5) is 11.4. The molecule has 5 heteroatoms. The predicted molar refractivity (Wildman–Crippen MR) is 70.7 cm³/mol. The molecule has 94 valence electrons. The van der Waals surface area contributed by atoms with Gasteiger partial charge in [0.15, 0.2) is 0 Å². The molecule has 0 heterocycles. The maximum atomic E-state index is 11.4. The lowest BCUT2D eigenvalue weighted by atomic mass is 10.2. The number of carbonyl (C=O) groups is 1. The largest absolute Gasteiger partial charge is 0.383 e. The number of rotatable bonds is 7. The Morgan fingerprint density at radius 3 is 2.71 bits per heavy atom. The van der Waals surface area contributed by atoms with Gasteiger partial charge in [0.05, 0.1) is 13.2 Å². The van der Waals surface area contributed by atoms with Crippen LogP contribution in [-0.4, -0.2) is 32.7 Å². The molecule has 4 nitrogen and oxygen atoms in total. The summed E-state index contributed by atoms with van der Waals surface area (Å²) in [6.45, 7) is 2.17. The molecule has 0 radical (unpaired) electrons. The number of amides is 1. The molecule has 0 aromatic heterocycles. The minimum Gasteiger partial charge on any atom is -0.383 e.